The SMILES string of the molecule is O=C(Cn1c(-c2cccs2)n[nH]c1=S)Nc1ccc(N2CCCCC2)cc1. The van der Waals surface area contributed by atoms with Gasteiger partial charge in [0.15, 0.2) is 10.6 Å². The number of amides is 1. The van der Waals surface area contributed by atoms with Crippen molar-refractivity contribution in [3.8, 4) is 10.7 Å². The van der Waals surface area contributed by atoms with Crippen molar-refractivity contribution in [1.29, 1.82) is 0 Å². The van der Waals surface area contributed by atoms with Gasteiger partial charge in [0.2, 0.25) is 5.91 Å². The Morgan fingerprint density at radius 1 is 1.19 bits per heavy atom. The molecule has 1 amide bonds. The minimum absolute atomic E-state index is 0.121. The van der Waals surface area contributed by atoms with E-state index in [1.54, 1.807) is 15.9 Å². The normalized spacial score (nSPS) is 14.3. The lowest BCUT2D eigenvalue weighted by atomic mass is 10.1. The van der Waals surface area contributed by atoms with Crippen LogP contribution < -0.4 is 10.2 Å². The molecule has 0 spiro atoms. The Balaban J connectivity index is 1.43. The van der Waals surface area contributed by atoms with Crippen molar-refractivity contribution >= 4 is 40.8 Å². The van der Waals surface area contributed by atoms with E-state index in [2.05, 4.69) is 32.5 Å². The van der Waals surface area contributed by atoms with Crippen LogP contribution in [0.3, 0.4) is 0 Å². The lowest BCUT2D eigenvalue weighted by Gasteiger charge is -2.28. The predicted molar refractivity (Wildman–Crippen MR) is 112 cm³/mol. The van der Waals surface area contributed by atoms with Crippen LogP contribution in [0, 0.1) is 4.77 Å². The van der Waals surface area contributed by atoms with E-state index < -0.39 is 0 Å². The van der Waals surface area contributed by atoms with Crippen LogP contribution in [0.15, 0.2) is 41.8 Å². The van der Waals surface area contributed by atoms with E-state index in [1.807, 2.05) is 29.6 Å². The summed E-state index contributed by atoms with van der Waals surface area (Å²) in [5, 5.41) is 11.9. The number of nitrogens with zero attached hydrogens (tertiary/aromatic N) is 3. The molecule has 140 valence electrons. The number of anilines is 2. The first-order valence-corrected chi connectivity index (χ1v) is 10.3. The second-order valence-corrected chi connectivity index (χ2v) is 7.89. The van der Waals surface area contributed by atoms with Gasteiger partial charge in [-0.1, -0.05) is 6.07 Å². The first-order chi connectivity index (χ1) is 13.2. The zero-order valence-electron chi connectivity index (χ0n) is 14.9. The Morgan fingerprint density at radius 3 is 2.67 bits per heavy atom. The molecule has 2 aromatic heterocycles. The van der Waals surface area contributed by atoms with Crippen molar-refractivity contribution in [3.63, 3.8) is 0 Å². The maximum absolute atomic E-state index is 12.5. The van der Waals surface area contributed by atoms with Gasteiger partial charge < -0.3 is 10.2 Å². The highest BCUT2D eigenvalue weighted by Gasteiger charge is 2.14. The molecule has 0 atom stereocenters. The van der Waals surface area contributed by atoms with Gasteiger partial charge in [-0.2, -0.15) is 5.10 Å². The molecule has 6 nitrogen and oxygen atoms in total. The van der Waals surface area contributed by atoms with Crippen LogP contribution in [0.25, 0.3) is 10.7 Å². The number of hydrogen-bond acceptors (Lipinski definition) is 5. The molecule has 4 rings (SSSR count). The number of piperidine rings is 1. The lowest BCUT2D eigenvalue weighted by Crippen LogP contribution is -2.29. The topological polar surface area (TPSA) is 66.0 Å². The van der Waals surface area contributed by atoms with Crippen molar-refractivity contribution in [3.05, 3.63) is 46.5 Å². The van der Waals surface area contributed by atoms with Gasteiger partial charge in [-0.3, -0.25) is 14.5 Å². The maximum atomic E-state index is 12.5. The zero-order valence-corrected chi connectivity index (χ0v) is 16.5. The number of benzene rings is 1. The molecule has 0 saturated carbocycles. The van der Waals surface area contributed by atoms with Crippen molar-refractivity contribution in [2.45, 2.75) is 25.8 Å². The Morgan fingerprint density at radius 2 is 1.96 bits per heavy atom. The number of rotatable bonds is 5. The molecule has 8 heteroatoms. The molecule has 1 aromatic carbocycles. The van der Waals surface area contributed by atoms with Crippen LogP contribution in [0.4, 0.5) is 11.4 Å². The van der Waals surface area contributed by atoms with E-state index >= 15 is 0 Å². The molecule has 3 heterocycles. The number of carbonyl (C=O) groups is 1. The fraction of sp³-hybridized carbons (Fsp3) is 0.316. The fourth-order valence-electron chi connectivity index (χ4n) is 3.31. The molecule has 0 unspecified atom stereocenters. The summed E-state index contributed by atoms with van der Waals surface area (Å²) in [6, 6.07) is 12.0. The third-order valence-electron chi connectivity index (χ3n) is 4.67. The van der Waals surface area contributed by atoms with Gasteiger partial charge in [0.1, 0.15) is 6.54 Å². The summed E-state index contributed by atoms with van der Waals surface area (Å²) in [7, 11) is 0. The second-order valence-electron chi connectivity index (χ2n) is 6.56. The van der Waals surface area contributed by atoms with Crippen molar-refractivity contribution < 1.29 is 4.79 Å². The summed E-state index contributed by atoms with van der Waals surface area (Å²) in [5.41, 5.74) is 2.00. The van der Waals surface area contributed by atoms with E-state index in [1.165, 1.54) is 24.9 Å². The van der Waals surface area contributed by atoms with Crippen LogP contribution in [0.2, 0.25) is 0 Å². The molecule has 0 bridgehead atoms. The van der Waals surface area contributed by atoms with Crippen LogP contribution in [-0.4, -0.2) is 33.8 Å². The van der Waals surface area contributed by atoms with Crippen molar-refractivity contribution in [1.82, 2.24) is 14.8 Å². The minimum atomic E-state index is -0.129. The number of carbonyl (C=O) groups excluding carboxylic acids is 1. The number of hydrogen-bond donors (Lipinski definition) is 2. The van der Waals surface area contributed by atoms with E-state index in [0.29, 0.717) is 10.6 Å². The Hall–Kier alpha value is -2.45. The molecular weight excluding hydrogens is 378 g/mol. The molecule has 0 radical (unpaired) electrons. The monoisotopic (exact) mass is 399 g/mol. The van der Waals surface area contributed by atoms with Crippen LogP contribution in [-0.2, 0) is 11.3 Å². The first-order valence-electron chi connectivity index (χ1n) is 9.05. The smallest absolute Gasteiger partial charge is 0.244 e. The fourth-order valence-corrected chi connectivity index (χ4v) is 4.23. The summed E-state index contributed by atoms with van der Waals surface area (Å²) < 4.78 is 2.16. The van der Waals surface area contributed by atoms with Gasteiger partial charge in [0, 0.05) is 24.5 Å². The molecular formula is C19H21N5OS2. The summed E-state index contributed by atoms with van der Waals surface area (Å²) in [5.74, 6) is 0.557. The van der Waals surface area contributed by atoms with Gasteiger partial charge in [-0.15, -0.1) is 11.3 Å². The largest absolute Gasteiger partial charge is 0.372 e. The molecule has 27 heavy (non-hydrogen) atoms. The van der Waals surface area contributed by atoms with E-state index in [4.69, 9.17) is 12.2 Å². The average molecular weight is 400 g/mol. The van der Waals surface area contributed by atoms with Crippen molar-refractivity contribution in [2.75, 3.05) is 23.3 Å². The average Bonchev–Trinajstić information content (AvgIpc) is 3.34. The summed E-state index contributed by atoms with van der Waals surface area (Å²) >= 11 is 6.85. The lowest BCUT2D eigenvalue weighted by molar-refractivity contribution is -0.116. The maximum Gasteiger partial charge on any atom is 0.244 e. The van der Waals surface area contributed by atoms with Gasteiger partial charge in [-0.25, -0.2) is 0 Å². The van der Waals surface area contributed by atoms with E-state index in [-0.39, 0.29) is 12.5 Å². The number of nitrogens with one attached hydrogen (secondary N) is 2. The van der Waals surface area contributed by atoms with Crippen molar-refractivity contribution in [2.24, 2.45) is 0 Å². The van der Waals surface area contributed by atoms with Gasteiger partial charge in [-0.05, 0) is 67.2 Å². The first kappa shape index (κ1) is 17.9. The Kier molecular flexibility index (Phi) is 5.35. The molecule has 1 saturated heterocycles. The predicted octanol–water partition coefficient (Wildman–Crippen LogP) is 4.30. The third kappa shape index (κ3) is 4.12. The molecule has 1 aliphatic heterocycles. The highest BCUT2D eigenvalue weighted by molar-refractivity contribution is 7.71. The zero-order chi connectivity index (χ0) is 18.6. The number of thiophene rings is 1. The highest BCUT2D eigenvalue weighted by Crippen LogP contribution is 2.24. The summed E-state index contributed by atoms with van der Waals surface area (Å²) in [6.07, 6.45) is 3.81. The van der Waals surface area contributed by atoms with E-state index in [9.17, 15) is 4.79 Å². The number of aromatic amines is 1. The molecule has 1 fully saturated rings. The third-order valence-corrected chi connectivity index (χ3v) is 5.85. The van der Waals surface area contributed by atoms with Gasteiger partial charge in [0.05, 0.1) is 4.88 Å². The minimum Gasteiger partial charge on any atom is -0.372 e. The van der Waals surface area contributed by atoms with Crippen LogP contribution in [0.5, 0.6) is 0 Å². The molecule has 1 aliphatic rings. The Bertz CT molecular complexity index is 953. The molecule has 0 aliphatic carbocycles. The standard InChI is InChI=1S/C19H21N5OS2/c25-17(13-24-18(21-22-19(24)26)16-5-4-12-27-16)20-14-6-8-15(9-7-14)23-10-2-1-3-11-23/h4-9,12H,1-3,10-11,13H2,(H,20,25)(H,22,26). The Labute approximate surface area is 166 Å². The second kappa shape index (κ2) is 8.06. The number of aromatic nitrogens is 3. The molecule has 2 N–H and O–H groups in total. The quantitative estimate of drug-likeness (QED) is 0.628. The van der Waals surface area contributed by atoms with E-state index in [0.717, 1.165) is 23.7 Å². The summed E-state index contributed by atoms with van der Waals surface area (Å²) in [4.78, 5) is 15.9. The molecule has 3 aromatic rings. The number of H-pyrrole nitrogens is 1. The van der Waals surface area contributed by atoms with Gasteiger partial charge >= 0.3 is 0 Å². The van der Waals surface area contributed by atoms with Gasteiger partial charge in [0.25, 0.3) is 0 Å². The highest BCUT2D eigenvalue weighted by atomic mass is 32.1. The van der Waals surface area contributed by atoms with Crippen LogP contribution >= 0.6 is 23.6 Å². The summed E-state index contributed by atoms with van der Waals surface area (Å²) in [6.45, 7) is 2.34. The van der Waals surface area contributed by atoms with Crippen LogP contribution in [0.1, 0.15) is 19.3 Å².